The normalized spacial score (nSPS) is 33.1. The Labute approximate surface area is 157 Å². The number of carbonyl (C=O) groups excluding carboxylic acids is 1. The SMILES string of the molecule is O=C1CC(N2CC[C@H](O)C2)C[C@@H]2C[C@H](c3c(O)ccc(Cl)c3Cl)CN12. The van der Waals surface area contributed by atoms with Crippen LogP contribution in [-0.2, 0) is 4.79 Å². The molecule has 3 saturated heterocycles. The first kappa shape index (κ1) is 17.4. The minimum atomic E-state index is -0.272. The van der Waals surface area contributed by atoms with Crippen molar-refractivity contribution in [2.45, 2.75) is 49.8 Å². The lowest BCUT2D eigenvalue weighted by Gasteiger charge is -2.38. The van der Waals surface area contributed by atoms with E-state index in [9.17, 15) is 15.0 Å². The first-order chi connectivity index (χ1) is 11.9. The lowest BCUT2D eigenvalue weighted by molar-refractivity contribution is -0.137. The van der Waals surface area contributed by atoms with Crippen LogP contribution in [0.25, 0.3) is 0 Å². The highest BCUT2D eigenvalue weighted by atomic mass is 35.5. The van der Waals surface area contributed by atoms with Crippen molar-refractivity contribution in [3.05, 3.63) is 27.7 Å². The highest BCUT2D eigenvalue weighted by Gasteiger charge is 2.44. The average Bonchev–Trinajstić information content (AvgIpc) is 3.18. The number of carbonyl (C=O) groups is 1. The maximum atomic E-state index is 12.7. The lowest BCUT2D eigenvalue weighted by Crippen LogP contribution is -2.50. The predicted octanol–water partition coefficient (Wildman–Crippen LogP) is 2.61. The molecule has 0 saturated carbocycles. The number of fused-ring (bicyclic) bond motifs is 1. The Hall–Kier alpha value is -1.01. The molecule has 3 fully saturated rings. The molecule has 0 aromatic heterocycles. The fraction of sp³-hybridized carbons (Fsp3) is 0.611. The third-order valence-electron chi connectivity index (χ3n) is 5.92. The molecule has 136 valence electrons. The van der Waals surface area contributed by atoms with Gasteiger partial charge in [-0.3, -0.25) is 9.69 Å². The molecule has 1 unspecified atom stereocenters. The molecule has 0 radical (unpaired) electrons. The second-order valence-corrected chi connectivity index (χ2v) is 8.24. The van der Waals surface area contributed by atoms with Gasteiger partial charge in [0, 0.05) is 49.6 Å². The van der Waals surface area contributed by atoms with Crippen LogP contribution in [0.5, 0.6) is 5.75 Å². The largest absolute Gasteiger partial charge is 0.508 e. The summed E-state index contributed by atoms with van der Waals surface area (Å²) in [7, 11) is 0. The van der Waals surface area contributed by atoms with Crippen molar-refractivity contribution in [1.82, 2.24) is 9.80 Å². The Morgan fingerprint density at radius 3 is 2.64 bits per heavy atom. The van der Waals surface area contributed by atoms with E-state index in [1.165, 1.54) is 0 Å². The van der Waals surface area contributed by atoms with Crippen LogP contribution in [0.4, 0.5) is 0 Å². The van der Waals surface area contributed by atoms with Crippen molar-refractivity contribution < 1.29 is 15.0 Å². The van der Waals surface area contributed by atoms with Crippen LogP contribution >= 0.6 is 23.2 Å². The van der Waals surface area contributed by atoms with E-state index in [4.69, 9.17) is 23.2 Å². The summed E-state index contributed by atoms with van der Waals surface area (Å²) in [5, 5.41) is 20.8. The minimum Gasteiger partial charge on any atom is -0.508 e. The number of β-amino-alcohol motifs (C(OH)–C–C–N with tert-alkyl or cyclic N) is 1. The van der Waals surface area contributed by atoms with Gasteiger partial charge in [-0.05, 0) is 31.4 Å². The smallest absolute Gasteiger partial charge is 0.224 e. The number of phenols is 1. The van der Waals surface area contributed by atoms with Gasteiger partial charge in [-0.2, -0.15) is 0 Å². The molecule has 2 N–H and O–H groups in total. The Kier molecular flexibility index (Phi) is 4.61. The maximum Gasteiger partial charge on any atom is 0.224 e. The van der Waals surface area contributed by atoms with Gasteiger partial charge in [-0.1, -0.05) is 23.2 Å². The highest BCUT2D eigenvalue weighted by Crippen LogP contribution is 2.45. The van der Waals surface area contributed by atoms with Gasteiger partial charge >= 0.3 is 0 Å². The van der Waals surface area contributed by atoms with Gasteiger partial charge in [-0.25, -0.2) is 0 Å². The predicted molar refractivity (Wildman–Crippen MR) is 96.2 cm³/mol. The molecule has 0 bridgehead atoms. The summed E-state index contributed by atoms with van der Waals surface area (Å²) in [6.07, 6.45) is 2.71. The second-order valence-electron chi connectivity index (χ2n) is 7.46. The van der Waals surface area contributed by atoms with E-state index in [0.29, 0.717) is 35.1 Å². The van der Waals surface area contributed by atoms with Crippen molar-refractivity contribution in [2.24, 2.45) is 0 Å². The monoisotopic (exact) mass is 384 g/mol. The Balaban J connectivity index is 1.53. The van der Waals surface area contributed by atoms with Crippen molar-refractivity contribution in [3.8, 4) is 5.75 Å². The van der Waals surface area contributed by atoms with Gasteiger partial charge in [0.05, 0.1) is 16.1 Å². The summed E-state index contributed by atoms with van der Waals surface area (Å²) in [4.78, 5) is 16.8. The molecule has 1 aromatic carbocycles. The number of benzene rings is 1. The van der Waals surface area contributed by atoms with Crippen LogP contribution in [0, 0.1) is 0 Å². The zero-order valence-electron chi connectivity index (χ0n) is 13.9. The van der Waals surface area contributed by atoms with Crippen LogP contribution in [0.15, 0.2) is 12.1 Å². The molecule has 5 nitrogen and oxygen atoms in total. The molecule has 25 heavy (non-hydrogen) atoms. The molecule has 7 heteroatoms. The van der Waals surface area contributed by atoms with Gasteiger partial charge in [0.1, 0.15) is 5.75 Å². The zero-order valence-corrected chi connectivity index (χ0v) is 15.4. The van der Waals surface area contributed by atoms with Crippen molar-refractivity contribution in [2.75, 3.05) is 19.6 Å². The van der Waals surface area contributed by atoms with E-state index in [2.05, 4.69) is 4.90 Å². The van der Waals surface area contributed by atoms with Crippen LogP contribution in [0.2, 0.25) is 10.0 Å². The average molecular weight is 385 g/mol. The molecule has 3 aliphatic heterocycles. The summed E-state index contributed by atoms with van der Waals surface area (Å²) in [6, 6.07) is 3.51. The van der Waals surface area contributed by atoms with E-state index >= 15 is 0 Å². The van der Waals surface area contributed by atoms with Gasteiger partial charge in [0.25, 0.3) is 0 Å². The van der Waals surface area contributed by atoms with E-state index in [1.54, 1.807) is 12.1 Å². The topological polar surface area (TPSA) is 64.0 Å². The number of piperidine rings is 1. The Bertz CT molecular complexity index is 699. The number of aliphatic hydroxyl groups is 1. The molecule has 0 aliphatic carbocycles. The lowest BCUT2D eigenvalue weighted by atomic mass is 9.91. The fourth-order valence-electron chi connectivity index (χ4n) is 4.69. The minimum absolute atomic E-state index is 0.00284. The molecule has 4 rings (SSSR count). The number of hydrogen-bond acceptors (Lipinski definition) is 4. The van der Waals surface area contributed by atoms with E-state index in [-0.39, 0.29) is 35.8 Å². The number of rotatable bonds is 2. The number of likely N-dealkylation sites (tertiary alicyclic amines) is 1. The Morgan fingerprint density at radius 1 is 1.12 bits per heavy atom. The highest BCUT2D eigenvalue weighted by molar-refractivity contribution is 6.42. The van der Waals surface area contributed by atoms with Crippen LogP contribution in [0.1, 0.15) is 37.2 Å². The Morgan fingerprint density at radius 2 is 1.92 bits per heavy atom. The summed E-state index contributed by atoms with van der Waals surface area (Å²) >= 11 is 12.4. The summed E-state index contributed by atoms with van der Waals surface area (Å²) < 4.78 is 0. The third kappa shape index (κ3) is 3.12. The van der Waals surface area contributed by atoms with Crippen molar-refractivity contribution in [3.63, 3.8) is 0 Å². The quantitative estimate of drug-likeness (QED) is 0.822. The molecule has 4 atom stereocenters. The second kappa shape index (κ2) is 6.62. The van der Waals surface area contributed by atoms with E-state index in [0.717, 1.165) is 25.8 Å². The maximum absolute atomic E-state index is 12.7. The van der Waals surface area contributed by atoms with Crippen LogP contribution in [0.3, 0.4) is 0 Å². The van der Waals surface area contributed by atoms with Gasteiger partial charge < -0.3 is 15.1 Å². The summed E-state index contributed by atoms with van der Waals surface area (Å²) in [6.45, 7) is 2.09. The fourth-order valence-corrected chi connectivity index (χ4v) is 5.17. The molecule has 1 amide bonds. The third-order valence-corrected chi connectivity index (χ3v) is 6.74. The number of aliphatic hydroxyl groups excluding tert-OH is 1. The van der Waals surface area contributed by atoms with Gasteiger partial charge in [0.15, 0.2) is 0 Å². The number of hydrogen-bond donors (Lipinski definition) is 2. The van der Waals surface area contributed by atoms with Gasteiger partial charge in [0.2, 0.25) is 5.91 Å². The molecular weight excluding hydrogens is 363 g/mol. The number of amides is 1. The summed E-state index contributed by atoms with van der Waals surface area (Å²) in [5.74, 6) is 0.303. The number of aromatic hydroxyl groups is 1. The molecule has 3 aliphatic rings. The van der Waals surface area contributed by atoms with E-state index < -0.39 is 0 Å². The zero-order chi connectivity index (χ0) is 17.7. The first-order valence-electron chi connectivity index (χ1n) is 8.82. The van der Waals surface area contributed by atoms with Crippen LogP contribution in [-0.4, -0.2) is 63.7 Å². The van der Waals surface area contributed by atoms with Crippen molar-refractivity contribution >= 4 is 29.1 Å². The van der Waals surface area contributed by atoms with Gasteiger partial charge in [-0.15, -0.1) is 0 Å². The van der Waals surface area contributed by atoms with E-state index in [1.807, 2.05) is 4.90 Å². The molecule has 3 heterocycles. The molecular formula is C18H22Cl2N2O3. The standard InChI is InChI=1S/C18H22Cl2N2O3/c19-14-1-2-15(24)17(18(14)20)10-5-12-6-11(7-16(25)22(12)8-10)21-4-3-13(23)9-21/h1-2,10-13,23-24H,3-9H2/t10-,11?,12-,13-/m0/s1. The van der Waals surface area contributed by atoms with Crippen LogP contribution < -0.4 is 0 Å². The molecule has 1 aromatic rings. The number of halogens is 2. The molecule has 0 spiro atoms. The number of nitrogens with zero attached hydrogens (tertiary/aromatic N) is 2. The summed E-state index contributed by atoms with van der Waals surface area (Å²) in [5.41, 5.74) is 0.657. The first-order valence-corrected chi connectivity index (χ1v) is 9.58. The van der Waals surface area contributed by atoms with Crippen molar-refractivity contribution in [1.29, 1.82) is 0 Å². The number of phenolic OH excluding ortho intramolecular Hbond substituents is 1.